The first kappa shape index (κ1) is 10.5. The quantitative estimate of drug-likeness (QED) is 0.685. The van der Waals surface area contributed by atoms with E-state index in [1.54, 1.807) is 6.07 Å². The maximum atomic E-state index is 11.3. The molecule has 1 heterocycles. The molecule has 0 saturated carbocycles. The second kappa shape index (κ2) is 3.24. The van der Waals surface area contributed by atoms with Crippen molar-refractivity contribution in [3.8, 4) is 5.75 Å². The van der Waals surface area contributed by atoms with Gasteiger partial charge in [0.25, 0.3) is 0 Å². The molecule has 1 aromatic carbocycles. The Morgan fingerprint density at radius 1 is 1.47 bits per heavy atom. The van der Waals surface area contributed by atoms with E-state index in [0.29, 0.717) is 10.6 Å². The van der Waals surface area contributed by atoms with Gasteiger partial charge in [0.05, 0.1) is 5.02 Å². The number of hydrogen-bond acceptors (Lipinski definition) is 2. The molecule has 0 spiro atoms. The maximum absolute atomic E-state index is 11.3. The monoisotopic (exact) mass is 224 g/mol. The lowest BCUT2D eigenvalue weighted by Gasteiger charge is -2.16. The van der Waals surface area contributed by atoms with E-state index < -0.39 is 0 Å². The number of ketones is 1. The third-order valence-electron chi connectivity index (χ3n) is 2.57. The van der Waals surface area contributed by atoms with Gasteiger partial charge in [-0.2, -0.15) is 0 Å². The Hall–Kier alpha value is -1.02. The molecular weight excluding hydrogens is 212 g/mol. The number of carbonyl (C=O) groups is 1. The summed E-state index contributed by atoms with van der Waals surface area (Å²) >= 11 is 6.18. The third kappa shape index (κ3) is 1.74. The van der Waals surface area contributed by atoms with Gasteiger partial charge in [-0.25, -0.2) is 0 Å². The number of hydrogen-bond donors (Lipinski definition) is 0. The van der Waals surface area contributed by atoms with Crippen LogP contribution in [0.3, 0.4) is 0 Å². The molecule has 15 heavy (non-hydrogen) atoms. The van der Waals surface area contributed by atoms with Crippen LogP contribution in [0.1, 0.15) is 36.7 Å². The zero-order chi connectivity index (χ0) is 11.2. The first-order valence-electron chi connectivity index (χ1n) is 4.92. The lowest BCUT2D eigenvalue weighted by Crippen LogP contribution is -2.24. The van der Waals surface area contributed by atoms with Crippen LogP contribution in [0.2, 0.25) is 5.02 Å². The summed E-state index contributed by atoms with van der Waals surface area (Å²) < 4.78 is 5.71. The van der Waals surface area contributed by atoms with Crippen molar-refractivity contribution < 1.29 is 9.53 Å². The predicted molar refractivity (Wildman–Crippen MR) is 59.9 cm³/mol. The second-order valence-corrected chi connectivity index (χ2v) is 4.88. The smallest absolute Gasteiger partial charge is 0.161 e. The van der Waals surface area contributed by atoms with Gasteiger partial charge in [-0.3, -0.25) is 4.79 Å². The van der Waals surface area contributed by atoms with E-state index in [2.05, 4.69) is 0 Å². The van der Waals surface area contributed by atoms with Crippen LogP contribution in [-0.4, -0.2) is 11.4 Å². The molecule has 1 aromatic rings. The van der Waals surface area contributed by atoms with Gasteiger partial charge >= 0.3 is 0 Å². The van der Waals surface area contributed by atoms with Gasteiger partial charge in [-0.1, -0.05) is 11.6 Å². The summed E-state index contributed by atoms with van der Waals surface area (Å²) in [6, 6.07) is 3.55. The molecule has 0 aliphatic carbocycles. The first-order chi connectivity index (χ1) is 6.91. The van der Waals surface area contributed by atoms with Crippen LogP contribution in [0.15, 0.2) is 12.1 Å². The van der Waals surface area contributed by atoms with Crippen molar-refractivity contribution in [1.29, 1.82) is 0 Å². The van der Waals surface area contributed by atoms with E-state index in [1.165, 1.54) is 6.92 Å². The SMILES string of the molecule is CC(=O)c1ccc2c(c1Cl)CC(C)(C)O2. The topological polar surface area (TPSA) is 26.3 Å². The second-order valence-electron chi connectivity index (χ2n) is 4.50. The van der Waals surface area contributed by atoms with Gasteiger partial charge in [-0.05, 0) is 32.9 Å². The van der Waals surface area contributed by atoms with Gasteiger partial charge in [0.1, 0.15) is 11.4 Å². The molecule has 3 heteroatoms. The summed E-state index contributed by atoms with van der Waals surface area (Å²) in [6.07, 6.45) is 0.752. The molecule has 0 N–H and O–H groups in total. The van der Waals surface area contributed by atoms with Crippen molar-refractivity contribution in [2.45, 2.75) is 32.8 Å². The molecule has 1 aliphatic heterocycles. The Kier molecular flexibility index (Phi) is 2.27. The van der Waals surface area contributed by atoms with Gasteiger partial charge in [-0.15, -0.1) is 0 Å². The molecular formula is C12H13ClO2. The number of fused-ring (bicyclic) bond motifs is 1. The first-order valence-corrected chi connectivity index (χ1v) is 5.30. The average Bonchev–Trinajstić information content (AvgIpc) is 2.40. The average molecular weight is 225 g/mol. The zero-order valence-corrected chi connectivity index (χ0v) is 9.81. The lowest BCUT2D eigenvalue weighted by atomic mass is 9.99. The Morgan fingerprint density at radius 2 is 2.13 bits per heavy atom. The molecule has 0 bridgehead atoms. The fraction of sp³-hybridized carbons (Fsp3) is 0.417. The number of halogens is 1. The summed E-state index contributed by atoms with van der Waals surface area (Å²) in [4.78, 5) is 11.3. The Bertz CT molecular complexity index is 435. The van der Waals surface area contributed by atoms with Gasteiger partial charge < -0.3 is 4.74 Å². The molecule has 0 unspecified atom stereocenters. The molecule has 0 aromatic heterocycles. The van der Waals surface area contributed by atoms with Crippen LogP contribution < -0.4 is 4.74 Å². The summed E-state index contributed by atoms with van der Waals surface area (Å²) in [5, 5.41) is 0.547. The van der Waals surface area contributed by atoms with E-state index in [9.17, 15) is 4.79 Å². The van der Waals surface area contributed by atoms with E-state index in [1.807, 2.05) is 19.9 Å². The normalized spacial score (nSPS) is 17.1. The van der Waals surface area contributed by atoms with E-state index in [0.717, 1.165) is 17.7 Å². The predicted octanol–water partition coefficient (Wildman–Crippen LogP) is 3.26. The largest absolute Gasteiger partial charge is 0.487 e. The van der Waals surface area contributed by atoms with Crippen LogP contribution in [0.4, 0.5) is 0 Å². The summed E-state index contributed by atoms with van der Waals surface area (Å²) in [5.41, 5.74) is 1.31. The summed E-state index contributed by atoms with van der Waals surface area (Å²) in [6.45, 7) is 5.54. The van der Waals surface area contributed by atoms with Crippen molar-refractivity contribution in [2.24, 2.45) is 0 Å². The number of carbonyl (C=O) groups excluding carboxylic acids is 1. The molecule has 0 fully saturated rings. The van der Waals surface area contributed by atoms with Crippen molar-refractivity contribution >= 4 is 17.4 Å². The zero-order valence-electron chi connectivity index (χ0n) is 9.06. The minimum Gasteiger partial charge on any atom is -0.487 e. The van der Waals surface area contributed by atoms with E-state index in [-0.39, 0.29) is 11.4 Å². The molecule has 0 radical (unpaired) electrons. The molecule has 2 nitrogen and oxygen atoms in total. The van der Waals surface area contributed by atoms with Gasteiger partial charge in [0.2, 0.25) is 0 Å². The highest BCUT2D eigenvalue weighted by Gasteiger charge is 2.32. The molecule has 80 valence electrons. The van der Waals surface area contributed by atoms with E-state index in [4.69, 9.17) is 16.3 Å². The van der Waals surface area contributed by atoms with Crippen LogP contribution >= 0.6 is 11.6 Å². The van der Waals surface area contributed by atoms with Crippen molar-refractivity contribution in [1.82, 2.24) is 0 Å². The number of Topliss-reactive ketones (excluding diaryl/α,β-unsaturated/α-hetero) is 1. The van der Waals surface area contributed by atoms with Crippen molar-refractivity contribution in [2.75, 3.05) is 0 Å². The van der Waals surface area contributed by atoms with Crippen LogP contribution in [-0.2, 0) is 6.42 Å². The van der Waals surface area contributed by atoms with Crippen molar-refractivity contribution in [3.05, 3.63) is 28.3 Å². The third-order valence-corrected chi connectivity index (χ3v) is 3.00. The molecule has 0 atom stereocenters. The van der Waals surface area contributed by atoms with Crippen molar-refractivity contribution in [3.63, 3.8) is 0 Å². The minimum atomic E-state index is -0.221. The Labute approximate surface area is 94.2 Å². The summed E-state index contributed by atoms with van der Waals surface area (Å²) in [5.74, 6) is 0.794. The van der Waals surface area contributed by atoms with Gasteiger partial charge in [0, 0.05) is 17.5 Å². The van der Waals surface area contributed by atoms with Gasteiger partial charge in [0.15, 0.2) is 5.78 Å². The maximum Gasteiger partial charge on any atom is 0.161 e. The Morgan fingerprint density at radius 3 is 2.73 bits per heavy atom. The van der Waals surface area contributed by atoms with Crippen LogP contribution in [0.25, 0.3) is 0 Å². The molecule has 0 amide bonds. The lowest BCUT2D eigenvalue weighted by molar-refractivity contribution is 0.101. The fourth-order valence-corrected chi connectivity index (χ4v) is 2.25. The fourth-order valence-electron chi connectivity index (χ4n) is 1.90. The minimum absolute atomic E-state index is 0.00694. The number of rotatable bonds is 1. The molecule has 2 rings (SSSR count). The number of benzene rings is 1. The highest BCUT2D eigenvalue weighted by atomic mass is 35.5. The van der Waals surface area contributed by atoms with Crippen LogP contribution in [0, 0.1) is 0 Å². The Balaban J connectivity index is 2.53. The highest BCUT2D eigenvalue weighted by Crippen LogP contribution is 2.40. The molecule has 1 aliphatic rings. The standard InChI is InChI=1S/C12H13ClO2/c1-7(14)8-4-5-10-9(11(8)13)6-12(2,3)15-10/h4-5H,6H2,1-3H3. The highest BCUT2D eigenvalue weighted by molar-refractivity contribution is 6.34. The summed E-state index contributed by atoms with van der Waals surface area (Å²) in [7, 11) is 0. The molecule has 0 saturated heterocycles. The number of ether oxygens (including phenoxy) is 1. The van der Waals surface area contributed by atoms with E-state index >= 15 is 0 Å². The van der Waals surface area contributed by atoms with Crippen LogP contribution in [0.5, 0.6) is 5.75 Å².